The van der Waals surface area contributed by atoms with Gasteiger partial charge in [0, 0.05) is 9.13 Å². The van der Waals surface area contributed by atoms with Crippen LogP contribution in [-0.2, 0) is 0 Å². The zero-order valence-corrected chi connectivity index (χ0v) is 13.1. The van der Waals surface area contributed by atoms with Crippen LogP contribution in [0.3, 0.4) is 0 Å². The molecule has 0 saturated carbocycles. The van der Waals surface area contributed by atoms with Crippen molar-refractivity contribution in [2.45, 2.75) is 6.92 Å². The van der Waals surface area contributed by atoms with E-state index in [1.165, 1.54) is 9.13 Å². The first kappa shape index (κ1) is 13.2. The molecule has 1 heterocycles. The molecule has 0 saturated heterocycles. The molecule has 0 atom stereocenters. The number of aryl methyl sites for hydroxylation is 1. The van der Waals surface area contributed by atoms with Gasteiger partial charge in [-0.25, -0.2) is 0 Å². The third kappa shape index (κ3) is 2.43. The van der Waals surface area contributed by atoms with Gasteiger partial charge in [0.05, 0.1) is 5.56 Å². The summed E-state index contributed by atoms with van der Waals surface area (Å²) in [6, 6.07) is 16.3. The average Bonchev–Trinajstić information content (AvgIpc) is 2.81. The lowest BCUT2D eigenvalue weighted by Crippen LogP contribution is -1.89. The summed E-state index contributed by atoms with van der Waals surface area (Å²) in [5.41, 5.74) is 10.0. The van der Waals surface area contributed by atoms with Gasteiger partial charge in [-0.1, -0.05) is 47.1 Å². The molecule has 2 N–H and O–H groups in total. The molecule has 2 aromatic carbocycles. The van der Waals surface area contributed by atoms with E-state index in [4.69, 9.17) is 10.3 Å². The number of nitrogens with zero attached hydrogens (tertiary/aromatic N) is 1. The summed E-state index contributed by atoms with van der Waals surface area (Å²) in [5.74, 6) is 1.13. The number of anilines is 1. The Morgan fingerprint density at radius 2 is 1.80 bits per heavy atom. The molecular weight excluding hydrogens is 363 g/mol. The highest BCUT2D eigenvalue weighted by Gasteiger charge is 2.17. The molecule has 0 unspecified atom stereocenters. The van der Waals surface area contributed by atoms with Crippen molar-refractivity contribution in [2.75, 3.05) is 5.73 Å². The van der Waals surface area contributed by atoms with E-state index in [9.17, 15) is 0 Å². The van der Waals surface area contributed by atoms with E-state index in [0.29, 0.717) is 11.6 Å². The summed E-state index contributed by atoms with van der Waals surface area (Å²) in [6.45, 7) is 2.05. The lowest BCUT2D eigenvalue weighted by atomic mass is 10.0. The maximum Gasteiger partial charge on any atom is 0.176 e. The molecule has 3 rings (SSSR count). The Kier molecular flexibility index (Phi) is 3.48. The van der Waals surface area contributed by atoms with E-state index >= 15 is 0 Å². The molecule has 0 amide bonds. The predicted molar refractivity (Wildman–Crippen MR) is 89.2 cm³/mol. The Morgan fingerprint density at radius 1 is 1.05 bits per heavy atom. The van der Waals surface area contributed by atoms with Gasteiger partial charge in [0.1, 0.15) is 0 Å². The molecule has 0 spiro atoms. The van der Waals surface area contributed by atoms with E-state index in [-0.39, 0.29) is 0 Å². The minimum Gasteiger partial charge on any atom is -0.380 e. The molecule has 3 nitrogen and oxygen atoms in total. The van der Waals surface area contributed by atoms with Gasteiger partial charge in [-0.3, -0.25) is 0 Å². The number of benzene rings is 2. The summed E-state index contributed by atoms with van der Waals surface area (Å²) < 4.78 is 6.61. The van der Waals surface area contributed by atoms with Gasteiger partial charge in [-0.2, -0.15) is 0 Å². The second-order valence-electron chi connectivity index (χ2n) is 4.65. The van der Waals surface area contributed by atoms with Gasteiger partial charge in [0.15, 0.2) is 11.6 Å². The number of aromatic nitrogens is 1. The SMILES string of the molecule is Cc1cccc(-c2c(N)noc2-c2ccc(I)cc2)c1. The Labute approximate surface area is 130 Å². The van der Waals surface area contributed by atoms with Crippen molar-refractivity contribution in [2.24, 2.45) is 0 Å². The van der Waals surface area contributed by atoms with Crippen molar-refractivity contribution in [1.82, 2.24) is 5.16 Å². The normalized spacial score (nSPS) is 10.7. The van der Waals surface area contributed by atoms with Crippen molar-refractivity contribution in [3.63, 3.8) is 0 Å². The Hall–Kier alpha value is -1.82. The molecular formula is C16H13IN2O. The highest BCUT2D eigenvalue weighted by molar-refractivity contribution is 14.1. The zero-order chi connectivity index (χ0) is 14.1. The van der Waals surface area contributed by atoms with Gasteiger partial charge in [-0.15, -0.1) is 0 Å². The van der Waals surface area contributed by atoms with Gasteiger partial charge in [-0.05, 0) is 47.2 Å². The van der Waals surface area contributed by atoms with Crippen LogP contribution in [0.25, 0.3) is 22.5 Å². The molecule has 0 radical (unpaired) electrons. The van der Waals surface area contributed by atoms with Crippen molar-refractivity contribution in [3.8, 4) is 22.5 Å². The van der Waals surface area contributed by atoms with Crippen LogP contribution in [0.4, 0.5) is 5.82 Å². The molecule has 3 aromatic rings. The van der Waals surface area contributed by atoms with Crippen molar-refractivity contribution in [3.05, 3.63) is 57.7 Å². The molecule has 100 valence electrons. The standard InChI is InChI=1S/C16H13IN2O/c1-10-3-2-4-12(9-10)14-15(20-19-16(14)18)11-5-7-13(17)8-6-11/h2-9H,1H3,(H2,18,19). The van der Waals surface area contributed by atoms with Gasteiger partial charge >= 0.3 is 0 Å². The summed E-state index contributed by atoms with van der Waals surface area (Å²) in [7, 11) is 0. The second-order valence-corrected chi connectivity index (χ2v) is 5.89. The third-order valence-electron chi connectivity index (χ3n) is 3.13. The smallest absolute Gasteiger partial charge is 0.176 e. The summed E-state index contributed by atoms with van der Waals surface area (Å²) >= 11 is 2.27. The lowest BCUT2D eigenvalue weighted by Gasteiger charge is -2.04. The van der Waals surface area contributed by atoms with E-state index < -0.39 is 0 Å². The molecule has 0 fully saturated rings. The summed E-state index contributed by atoms with van der Waals surface area (Å²) in [5, 5.41) is 3.92. The first-order chi connectivity index (χ1) is 9.65. The van der Waals surface area contributed by atoms with Gasteiger partial charge in [0.2, 0.25) is 0 Å². The van der Waals surface area contributed by atoms with Gasteiger partial charge in [0.25, 0.3) is 0 Å². The lowest BCUT2D eigenvalue weighted by molar-refractivity contribution is 0.436. The topological polar surface area (TPSA) is 52.0 Å². The fourth-order valence-corrected chi connectivity index (χ4v) is 2.54. The molecule has 0 bridgehead atoms. The quantitative estimate of drug-likeness (QED) is 0.670. The highest BCUT2D eigenvalue weighted by atomic mass is 127. The van der Waals surface area contributed by atoms with Crippen LogP contribution in [0.15, 0.2) is 53.1 Å². The van der Waals surface area contributed by atoms with Crippen LogP contribution < -0.4 is 5.73 Å². The largest absolute Gasteiger partial charge is 0.380 e. The minimum atomic E-state index is 0.421. The molecule has 0 aliphatic carbocycles. The van der Waals surface area contributed by atoms with Crippen LogP contribution >= 0.6 is 22.6 Å². The number of hydrogen-bond acceptors (Lipinski definition) is 3. The fraction of sp³-hybridized carbons (Fsp3) is 0.0625. The third-order valence-corrected chi connectivity index (χ3v) is 3.85. The maximum absolute atomic E-state index is 5.98. The molecule has 0 aliphatic rings. The average molecular weight is 376 g/mol. The first-order valence-corrected chi connectivity index (χ1v) is 7.31. The van der Waals surface area contributed by atoms with Gasteiger partial charge < -0.3 is 10.3 Å². The van der Waals surface area contributed by atoms with Crippen LogP contribution in [-0.4, -0.2) is 5.16 Å². The molecule has 1 aromatic heterocycles. The number of nitrogens with two attached hydrogens (primary N) is 1. The minimum absolute atomic E-state index is 0.421. The Bertz CT molecular complexity index is 747. The summed E-state index contributed by atoms with van der Waals surface area (Å²) in [4.78, 5) is 0. The van der Waals surface area contributed by atoms with E-state index in [1.807, 2.05) is 36.4 Å². The number of hydrogen-bond donors (Lipinski definition) is 1. The summed E-state index contributed by atoms with van der Waals surface area (Å²) in [6.07, 6.45) is 0. The fourth-order valence-electron chi connectivity index (χ4n) is 2.18. The Morgan fingerprint density at radius 3 is 2.50 bits per heavy atom. The second kappa shape index (κ2) is 5.28. The molecule has 20 heavy (non-hydrogen) atoms. The number of nitrogen functional groups attached to an aromatic ring is 1. The van der Waals surface area contributed by atoms with Crippen LogP contribution in [0.2, 0.25) is 0 Å². The molecule has 0 aliphatic heterocycles. The van der Waals surface area contributed by atoms with Crippen LogP contribution in [0.1, 0.15) is 5.56 Å². The monoisotopic (exact) mass is 376 g/mol. The maximum atomic E-state index is 5.98. The predicted octanol–water partition coefficient (Wildman–Crippen LogP) is 4.50. The van der Waals surface area contributed by atoms with E-state index in [1.54, 1.807) is 0 Å². The number of halogens is 1. The zero-order valence-electron chi connectivity index (χ0n) is 10.9. The van der Waals surface area contributed by atoms with Crippen LogP contribution in [0.5, 0.6) is 0 Å². The van der Waals surface area contributed by atoms with Crippen molar-refractivity contribution in [1.29, 1.82) is 0 Å². The first-order valence-electron chi connectivity index (χ1n) is 6.23. The van der Waals surface area contributed by atoms with Crippen molar-refractivity contribution >= 4 is 28.4 Å². The van der Waals surface area contributed by atoms with E-state index in [2.05, 4.69) is 46.8 Å². The van der Waals surface area contributed by atoms with Crippen molar-refractivity contribution < 1.29 is 4.52 Å². The van der Waals surface area contributed by atoms with E-state index in [0.717, 1.165) is 16.7 Å². The number of rotatable bonds is 2. The molecule has 4 heteroatoms. The highest BCUT2D eigenvalue weighted by Crippen LogP contribution is 2.36. The van der Waals surface area contributed by atoms with Crippen LogP contribution in [0, 0.1) is 10.5 Å². The Balaban J connectivity index is 2.17.